The molecule has 1 aromatic carbocycles. The maximum absolute atomic E-state index is 12.7. The average molecular weight is 470 g/mol. The molecule has 0 saturated carbocycles. The second-order valence-corrected chi connectivity index (χ2v) is 9.04. The van der Waals surface area contributed by atoms with Gasteiger partial charge in [0.25, 0.3) is 7.82 Å². The number of nitrogens with one attached hydrogen (secondary N) is 1. The molecular weight excluding hydrogens is 449 g/mol. The predicted molar refractivity (Wildman–Crippen MR) is 98.9 cm³/mol. The summed E-state index contributed by atoms with van der Waals surface area (Å²) in [5.74, 6) is 0. The quantitative estimate of drug-likeness (QED) is 0.385. The largest absolute Gasteiger partial charge is 0.790 e. The van der Waals surface area contributed by atoms with Gasteiger partial charge in [-0.15, -0.1) is 0 Å². The summed E-state index contributed by atoms with van der Waals surface area (Å²) in [6.45, 7) is 3.34. The molecule has 1 rings (SSSR count). The summed E-state index contributed by atoms with van der Waals surface area (Å²) < 4.78 is 67.0. The first-order chi connectivity index (χ1) is 13.7. The van der Waals surface area contributed by atoms with Crippen LogP contribution in [0.15, 0.2) is 47.6 Å². The van der Waals surface area contributed by atoms with E-state index in [1.807, 2.05) is 6.08 Å². The molecular formula is C17H21F3NO7P2-3. The van der Waals surface area contributed by atoms with Gasteiger partial charge in [0.2, 0.25) is 0 Å². The maximum Gasteiger partial charge on any atom is 0.416 e. The first-order valence-corrected chi connectivity index (χ1v) is 11.5. The molecule has 0 saturated heterocycles. The van der Waals surface area contributed by atoms with Crippen LogP contribution in [-0.4, -0.2) is 13.2 Å². The van der Waals surface area contributed by atoms with Gasteiger partial charge in [0, 0.05) is 12.2 Å². The van der Waals surface area contributed by atoms with Crippen molar-refractivity contribution in [3.8, 4) is 0 Å². The van der Waals surface area contributed by atoms with Gasteiger partial charge in [-0.1, -0.05) is 29.4 Å². The van der Waals surface area contributed by atoms with Gasteiger partial charge in [0.1, 0.15) is 0 Å². The third-order valence-corrected chi connectivity index (χ3v) is 5.72. The van der Waals surface area contributed by atoms with Crippen molar-refractivity contribution in [2.24, 2.45) is 0 Å². The second kappa shape index (κ2) is 11.2. The van der Waals surface area contributed by atoms with Crippen molar-refractivity contribution in [3.05, 3.63) is 53.1 Å². The van der Waals surface area contributed by atoms with E-state index in [2.05, 4.69) is 14.2 Å². The van der Waals surface area contributed by atoms with Gasteiger partial charge >= 0.3 is 6.18 Å². The molecule has 0 aliphatic rings. The standard InChI is InChI=1S/C17H24F3NO7P2/c1-13(9-10-27-30(25,26)28-29(22,23)24)5-3-6-14(2)12-21-16-8-4-7-15(11-16)17(18,19)20/h4,6-9,11,21H,3,5,10,12H2,1-2H3,(H,25,26)(H2,22,23,24)/p-3/b13-9+,14-6+. The second-order valence-electron chi connectivity index (χ2n) is 6.34. The molecule has 0 heterocycles. The highest BCUT2D eigenvalue weighted by atomic mass is 31.3. The third kappa shape index (κ3) is 11.7. The molecule has 30 heavy (non-hydrogen) atoms. The van der Waals surface area contributed by atoms with Gasteiger partial charge in [0.15, 0.2) is 0 Å². The van der Waals surface area contributed by atoms with Gasteiger partial charge in [-0.05, 0) is 44.9 Å². The van der Waals surface area contributed by atoms with Crippen molar-refractivity contribution in [1.82, 2.24) is 0 Å². The average Bonchev–Trinajstić information content (AvgIpc) is 2.57. The molecule has 0 fully saturated rings. The fraction of sp³-hybridized carbons (Fsp3) is 0.412. The summed E-state index contributed by atoms with van der Waals surface area (Å²) in [5, 5.41) is 2.91. The Kier molecular flexibility index (Phi) is 9.97. The zero-order valence-electron chi connectivity index (χ0n) is 16.2. The number of benzene rings is 1. The van der Waals surface area contributed by atoms with Crippen LogP contribution in [0.5, 0.6) is 0 Å². The summed E-state index contributed by atoms with van der Waals surface area (Å²) >= 11 is 0. The van der Waals surface area contributed by atoms with Crippen molar-refractivity contribution in [2.75, 3.05) is 18.5 Å². The predicted octanol–water partition coefficient (Wildman–Crippen LogP) is 3.12. The zero-order chi connectivity index (χ0) is 23.0. The van der Waals surface area contributed by atoms with E-state index in [1.54, 1.807) is 13.8 Å². The Labute approximate surface area is 172 Å². The molecule has 170 valence electrons. The summed E-state index contributed by atoms with van der Waals surface area (Å²) in [4.78, 5) is 31.6. The van der Waals surface area contributed by atoms with Crippen molar-refractivity contribution in [2.45, 2.75) is 32.9 Å². The lowest BCUT2D eigenvalue weighted by molar-refractivity contribution is -0.339. The molecule has 1 unspecified atom stereocenters. The van der Waals surface area contributed by atoms with Crippen LogP contribution in [0.25, 0.3) is 0 Å². The molecule has 0 bridgehead atoms. The lowest BCUT2D eigenvalue weighted by Crippen LogP contribution is -2.19. The normalized spacial score (nSPS) is 15.7. The van der Waals surface area contributed by atoms with E-state index >= 15 is 0 Å². The van der Waals surface area contributed by atoms with Crippen LogP contribution in [0.1, 0.15) is 32.3 Å². The maximum atomic E-state index is 12.7. The smallest absolute Gasteiger partial charge is 0.416 e. The minimum atomic E-state index is -5.71. The van der Waals surface area contributed by atoms with Gasteiger partial charge < -0.3 is 29.1 Å². The number of halogens is 3. The number of phosphoric acid groups is 2. The first-order valence-electron chi connectivity index (χ1n) is 8.59. The highest BCUT2D eigenvalue weighted by molar-refractivity contribution is 7.58. The van der Waals surface area contributed by atoms with E-state index in [-0.39, 0.29) is 0 Å². The van der Waals surface area contributed by atoms with Gasteiger partial charge in [-0.3, -0.25) is 8.88 Å². The van der Waals surface area contributed by atoms with Crippen LogP contribution in [-0.2, 0) is 24.1 Å². The van der Waals surface area contributed by atoms with Crippen LogP contribution in [0, 0.1) is 0 Å². The SMILES string of the molecule is C/C(=C\COP(=O)([O-])OP(=O)([O-])[O-])CC/C=C(\C)CNc1cccc(C(F)(F)F)c1. The van der Waals surface area contributed by atoms with E-state index in [0.717, 1.165) is 23.3 Å². The van der Waals surface area contributed by atoms with Crippen molar-refractivity contribution in [1.29, 1.82) is 0 Å². The molecule has 8 nitrogen and oxygen atoms in total. The van der Waals surface area contributed by atoms with E-state index < -0.39 is 34.0 Å². The topological polar surface area (TPSA) is 134 Å². The number of alkyl halides is 3. The van der Waals surface area contributed by atoms with Crippen LogP contribution in [0.3, 0.4) is 0 Å². The number of phosphoric ester groups is 1. The number of anilines is 1. The molecule has 0 aliphatic carbocycles. The highest BCUT2D eigenvalue weighted by Gasteiger charge is 2.30. The van der Waals surface area contributed by atoms with E-state index in [4.69, 9.17) is 0 Å². The fourth-order valence-electron chi connectivity index (χ4n) is 2.18. The molecule has 13 heteroatoms. The van der Waals surface area contributed by atoms with E-state index in [1.165, 1.54) is 18.2 Å². The lowest BCUT2D eigenvalue weighted by Gasteiger charge is -2.34. The molecule has 1 N–H and O–H groups in total. The molecule has 1 aromatic rings. The number of allylic oxidation sites excluding steroid dienone is 2. The fourth-order valence-corrected chi connectivity index (χ4v) is 3.61. The van der Waals surface area contributed by atoms with Crippen LogP contribution < -0.4 is 20.0 Å². The number of rotatable bonds is 11. The minimum absolute atomic E-state index is 0.342. The summed E-state index contributed by atoms with van der Waals surface area (Å²) in [7, 11) is -10.9. The Hall–Kier alpha value is -1.45. The molecule has 0 aromatic heterocycles. The zero-order valence-corrected chi connectivity index (χ0v) is 18.0. The number of hydrogen-bond acceptors (Lipinski definition) is 8. The lowest BCUT2D eigenvalue weighted by atomic mass is 10.1. The monoisotopic (exact) mass is 470 g/mol. The third-order valence-electron chi connectivity index (χ3n) is 3.66. The van der Waals surface area contributed by atoms with Gasteiger partial charge in [-0.2, -0.15) is 13.2 Å². The Morgan fingerprint density at radius 1 is 1.13 bits per heavy atom. The van der Waals surface area contributed by atoms with Crippen molar-refractivity contribution >= 4 is 21.3 Å². The Bertz CT molecular complexity index is 865. The van der Waals surface area contributed by atoms with Gasteiger partial charge in [0.05, 0.1) is 20.0 Å². The first kappa shape index (κ1) is 26.6. The molecule has 0 spiro atoms. The number of hydrogen-bond donors (Lipinski definition) is 1. The molecule has 0 amide bonds. The summed E-state index contributed by atoms with van der Waals surface area (Å²) in [6.07, 6.45) is -0.0635. The summed E-state index contributed by atoms with van der Waals surface area (Å²) in [6, 6.07) is 4.87. The highest BCUT2D eigenvalue weighted by Crippen LogP contribution is 2.50. The van der Waals surface area contributed by atoms with E-state index in [0.29, 0.717) is 25.1 Å². The molecule has 1 atom stereocenters. The van der Waals surface area contributed by atoms with Crippen molar-refractivity contribution in [3.63, 3.8) is 0 Å². The Morgan fingerprint density at radius 2 is 1.80 bits per heavy atom. The van der Waals surface area contributed by atoms with Crippen LogP contribution in [0.2, 0.25) is 0 Å². The molecule has 0 aliphatic heterocycles. The Morgan fingerprint density at radius 3 is 2.40 bits per heavy atom. The van der Waals surface area contributed by atoms with Crippen molar-refractivity contribution < 1.29 is 45.8 Å². The summed E-state index contributed by atoms with van der Waals surface area (Å²) in [5.41, 5.74) is 1.22. The Balaban J connectivity index is 2.43. The molecule has 0 radical (unpaired) electrons. The van der Waals surface area contributed by atoms with Crippen LogP contribution in [0.4, 0.5) is 18.9 Å². The van der Waals surface area contributed by atoms with Crippen LogP contribution >= 0.6 is 15.6 Å². The van der Waals surface area contributed by atoms with E-state index in [9.17, 15) is 37.0 Å². The van der Waals surface area contributed by atoms with Gasteiger partial charge in [-0.25, -0.2) is 0 Å². The minimum Gasteiger partial charge on any atom is -0.790 e.